The highest BCUT2D eigenvalue weighted by molar-refractivity contribution is 9.10. The summed E-state index contributed by atoms with van der Waals surface area (Å²) in [5.74, 6) is -0.269. The van der Waals surface area contributed by atoms with E-state index >= 15 is 0 Å². The Bertz CT molecular complexity index is 259. The number of aromatic amines is 1. The molecule has 1 amide bonds. The van der Waals surface area contributed by atoms with Crippen molar-refractivity contribution in [3.63, 3.8) is 0 Å². The predicted octanol–water partition coefficient (Wildman–Crippen LogP) is 1.07. The number of rotatable bonds is 2. The van der Waals surface area contributed by atoms with E-state index in [4.69, 9.17) is 0 Å². The van der Waals surface area contributed by atoms with Crippen molar-refractivity contribution in [3.8, 4) is 0 Å². The summed E-state index contributed by atoms with van der Waals surface area (Å²) in [5, 5.41) is 0. The third-order valence-electron chi connectivity index (χ3n) is 1.10. The molecule has 1 aromatic heterocycles. The third-order valence-corrected chi connectivity index (χ3v) is 1.56. The first-order valence-corrected chi connectivity index (χ1v) is 3.70. The van der Waals surface area contributed by atoms with E-state index in [-0.39, 0.29) is 5.91 Å². The van der Waals surface area contributed by atoms with Crippen molar-refractivity contribution in [1.82, 2.24) is 10.5 Å². The van der Waals surface area contributed by atoms with Crippen molar-refractivity contribution >= 4 is 21.8 Å². The van der Waals surface area contributed by atoms with Crippen LogP contribution in [0.25, 0.3) is 0 Å². The van der Waals surface area contributed by atoms with Crippen LogP contribution < -0.4 is 5.48 Å². The monoisotopic (exact) mass is 218 g/mol. The van der Waals surface area contributed by atoms with Crippen LogP contribution in [0.3, 0.4) is 0 Å². The quantitative estimate of drug-likeness (QED) is 0.731. The molecule has 2 N–H and O–H groups in total. The minimum absolute atomic E-state index is 0.269. The lowest BCUT2D eigenvalue weighted by Crippen LogP contribution is -2.20. The predicted molar refractivity (Wildman–Crippen MR) is 43.0 cm³/mol. The molecule has 60 valence electrons. The van der Waals surface area contributed by atoms with E-state index in [0.717, 1.165) is 4.60 Å². The van der Waals surface area contributed by atoms with Gasteiger partial charge in [0, 0.05) is 6.20 Å². The molecule has 0 saturated heterocycles. The fourth-order valence-corrected chi connectivity index (χ4v) is 1.01. The summed E-state index contributed by atoms with van der Waals surface area (Å²) in [4.78, 5) is 18.2. The molecule has 4 nitrogen and oxygen atoms in total. The van der Waals surface area contributed by atoms with Gasteiger partial charge in [0.1, 0.15) is 0 Å². The molecule has 0 atom stereocenters. The molecule has 0 aromatic carbocycles. The zero-order chi connectivity index (χ0) is 8.27. The number of carbonyl (C=O) groups is 1. The molecule has 0 aliphatic heterocycles. The zero-order valence-electron chi connectivity index (χ0n) is 5.85. The summed E-state index contributed by atoms with van der Waals surface area (Å²) in [6, 6.07) is 1.66. The number of aromatic nitrogens is 1. The van der Waals surface area contributed by atoms with Gasteiger partial charge in [0.05, 0.1) is 17.3 Å². The fourth-order valence-electron chi connectivity index (χ4n) is 0.649. The average molecular weight is 219 g/mol. The second-order valence-electron chi connectivity index (χ2n) is 1.87. The van der Waals surface area contributed by atoms with E-state index in [1.165, 1.54) is 7.11 Å². The Labute approximate surface area is 72.0 Å². The first-order chi connectivity index (χ1) is 5.24. The summed E-state index contributed by atoms with van der Waals surface area (Å²) < 4.78 is 0.763. The smallest absolute Gasteiger partial charge is 0.276 e. The molecule has 1 aromatic rings. The standard InChI is InChI=1S/C6H7BrN2O2/c1-11-9-6(10)4-2-5(7)8-3-4/h2-3,8H,1H3,(H,9,10). The van der Waals surface area contributed by atoms with Gasteiger partial charge in [-0.15, -0.1) is 0 Å². The highest BCUT2D eigenvalue weighted by Gasteiger charge is 2.05. The molecular weight excluding hydrogens is 212 g/mol. The van der Waals surface area contributed by atoms with Crippen LogP contribution in [0.15, 0.2) is 16.9 Å². The number of hydrogen-bond acceptors (Lipinski definition) is 2. The SMILES string of the molecule is CONC(=O)c1c[nH]c(Br)c1. The van der Waals surface area contributed by atoms with Crippen molar-refractivity contribution in [1.29, 1.82) is 0 Å². The molecule has 0 fully saturated rings. The van der Waals surface area contributed by atoms with Crippen LogP contribution in [0, 0.1) is 0 Å². The molecule has 0 aliphatic rings. The van der Waals surface area contributed by atoms with Crippen molar-refractivity contribution in [2.75, 3.05) is 7.11 Å². The Kier molecular flexibility index (Phi) is 2.67. The minimum Gasteiger partial charge on any atom is -0.355 e. The van der Waals surface area contributed by atoms with Gasteiger partial charge in [0.2, 0.25) is 0 Å². The minimum atomic E-state index is -0.269. The van der Waals surface area contributed by atoms with Gasteiger partial charge in [-0.3, -0.25) is 9.63 Å². The zero-order valence-corrected chi connectivity index (χ0v) is 7.44. The maximum absolute atomic E-state index is 11.0. The largest absolute Gasteiger partial charge is 0.355 e. The number of hydroxylamine groups is 1. The molecule has 0 unspecified atom stereocenters. The molecule has 0 bridgehead atoms. The van der Waals surface area contributed by atoms with Crippen LogP contribution in [0.4, 0.5) is 0 Å². The van der Waals surface area contributed by atoms with Gasteiger partial charge in [0.15, 0.2) is 0 Å². The van der Waals surface area contributed by atoms with Gasteiger partial charge in [0.25, 0.3) is 5.91 Å². The molecule has 0 radical (unpaired) electrons. The van der Waals surface area contributed by atoms with Gasteiger partial charge in [-0.25, -0.2) is 5.48 Å². The van der Waals surface area contributed by atoms with Crippen LogP contribution in [-0.2, 0) is 4.84 Å². The third kappa shape index (κ3) is 2.06. The molecule has 11 heavy (non-hydrogen) atoms. The topological polar surface area (TPSA) is 54.1 Å². The van der Waals surface area contributed by atoms with Crippen molar-refractivity contribution < 1.29 is 9.63 Å². The number of nitrogens with one attached hydrogen (secondary N) is 2. The van der Waals surface area contributed by atoms with E-state index in [1.807, 2.05) is 0 Å². The van der Waals surface area contributed by atoms with Gasteiger partial charge >= 0.3 is 0 Å². The summed E-state index contributed by atoms with van der Waals surface area (Å²) >= 11 is 3.18. The summed E-state index contributed by atoms with van der Waals surface area (Å²) in [6.45, 7) is 0. The van der Waals surface area contributed by atoms with Crippen LogP contribution in [0.5, 0.6) is 0 Å². The molecular formula is C6H7BrN2O2. The summed E-state index contributed by atoms with van der Waals surface area (Å²) in [7, 11) is 1.39. The van der Waals surface area contributed by atoms with E-state index in [9.17, 15) is 4.79 Å². The molecule has 5 heteroatoms. The van der Waals surface area contributed by atoms with Crippen molar-refractivity contribution in [2.45, 2.75) is 0 Å². The Morgan fingerprint density at radius 1 is 1.82 bits per heavy atom. The Hall–Kier alpha value is -0.810. The van der Waals surface area contributed by atoms with E-state index in [0.29, 0.717) is 5.56 Å². The Morgan fingerprint density at radius 2 is 2.55 bits per heavy atom. The molecule has 0 spiro atoms. The number of amides is 1. The van der Waals surface area contributed by atoms with Crippen molar-refractivity contribution in [2.24, 2.45) is 0 Å². The molecule has 0 aliphatic carbocycles. The van der Waals surface area contributed by atoms with Crippen LogP contribution in [0.2, 0.25) is 0 Å². The summed E-state index contributed by atoms with van der Waals surface area (Å²) in [6.07, 6.45) is 1.58. The molecule has 0 saturated carbocycles. The lowest BCUT2D eigenvalue weighted by atomic mass is 10.3. The average Bonchev–Trinajstić information content (AvgIpc) is 2.36. The Morgan fingerprint density at radius 3 is 3.00 bits per heavy atom. The van der Waals surface area contributed by atoms with Gasteiger partial charge in [-0.05, 0) is 22.0 Å². The van der Waals surface area contributed by atoms with E-state index in [2.05, 4.69) is 31.2 Å². The lowest BCUT2D eigenvalue weighted by molar-refractivity contribution is 0.0538. The van der Waals surface area contributed by atoms with Gasteiger partial charge in [-0.2, -0.15) is 0 Å². The molecule has 1 rings (SSSR count). The lowest BCUT2D eigenvalue weighted by Gasteiger charge is -1.96. The first kappa shape index (κ1) is 8.29. The summed E-state index contributed by atoms with van der Waals surface area (Å²) in [5.41, 5.74) is 2.72. The normalized spacial score (nSPS) is 9.64. The highest BCUT2D eigenvalue weighted by Crippen LogP contribution is 2.08. The number of H-pyrrole nitrogens is 1. The van der Waals surface area contributed by atoms with Crippen molar-refractivity contribution in [3.05, 3.63) is 22.4 Å². The first-order valence-electron chi connectivity index (χ1n) is 2.91. The maximum atomic E-state index is 11.0. The van der Waals surface area contributed by atoms with Gasteiger partial charge < -0.3 is 4.98 Å². The van der Waals surface area contributed by atoms with E-state index in [1.54, 1.807) is 12.3 Å². The highest BCUT2D eigenvalue weighted by atomic mass is 79.9. The van der Waals surface area contributed by atoms with Crippen LogP contribution in [0.1, 0.15) is 10.4 Å². The number of hydrogen-bond donors (Lipinski definition) is 2. The second kappa shape index (κ2) is 3.54. The van der Waals surface area contributed by atoms with E-state index < -0.39 is 0 Å². The second-order valence-corrected chi connectivity index (χ2v) is 2.73. The van der Waals surface area contributed by atoms with Crippen LogP contribution in [-0.4, -0.2) is 18.0 Å². The van der Waals surface area contributed by atoms with Gasteiger partial charge in [-0.1, -0.05) is 0 Å². The van der Waals surface area contributed by atoms with Crippen LogP contribution >= 0.6 is 15.9 Å². The number of halogens is 1. The fraction of sp³-hybridized carbons (Fsp3) is 0.167. The maximum Gasteiger partial charge on any atom is 0.276 e. The molecule has 1 heterocycles. The number of carbonyl (C=O) groups excluding carboxylic acids is 1. The Balaban J connectivity index is 2.69.